The van der Waals surface area contributed by atoms with Crippen LogP contribution in [-0.4, -0.2) is 11.4 Å². The van der Waals surface area contributed by atoms with Crippen LogP contribution in [0.1, 0.15) is 22.3 Å². The fourth-order valence-electron chi connectivity index (χ4n) is 2.84. The lowest BCUT2D eigenvalue weighted by molar-refractivity contribution is 0.288. The van der Waals surface area contributed by atoms with Gasteiger partial charge in [0.05, 0.1) is 0 Å². The number of anilines is 1. The van der Waals surface area contributed by atoms with Crippen LogP contribution in [0.4, 0.5) is 5.69 Å². The summed E-state index contributed by atoms with van der Waals surface area (Å²) in [5.74, 6) is 0. The molecule has 0 atom stereocenters. The molecule has 0 saturated heterocycles. The summed E-state index contributed by atoms with van der Waals surface area (Å²) in [5, 5.41) is 0. The van der Waals surface area contributed by atoms with Crippen LogP contribution in [-0.2, 0) is 19.5 Å². The Bertz CT molecular complexity index is 590. The van der Waals surface area contributed by atoms with Gasteiger partial charge in [0.1, 0.15) is 0 Å². The molecule has 2 N–H and O–H groups in total. The van der Waals surface area contributed by atoms with E-state index in [1.165, 1.54) is 22.3 Å². The lowest BCUT2D eigenvalue weighted by Crippen LogP contribution is -2.19. The molecular formula is C17H20N2. The van der Waals surface area contributed by atoms with E-state index in [-0.39, 0.29) is 0 Å². The van der Waals surface area contributed by atoms with Crippen LogP contribution in [0.25, 0.3) is 0 Å². The van der Waals surface area contributed by atoms with Gasteiger partial charge in [-0.2, -0.15) is 0 Å². The third-order valence-corrected chi connectivity index (χ3v) is 4.04. The number of rotatable bonds is 3. The molecule has 0 aromatic heterocycles. The molecule has 0 fully saturated rings. The van der Waals surface area contributed by atoms with E-state index in [9.17, 15) is 0 Å². The first-order valence-corrected chi connectivity index (χ1v) is 6.87. The van der Waals surface area contributed by atoms with Gasteiger partial charge in [-0.1, -0.05) is 36.4 Å². The fraction of sp³-hybridized carbons (Fsp3) is 0.294. The van der Waals surface area contributed by atoms with E-state index in [1.54, 1.807) is 0 Å². The summed E-state index contributed by atoms with van der Waals surface area (Å²) >= 11 is 0. The molecule has 1 aliphatic rings. The maximum absolute atomic E-state index is 6.04. The first-order chi connectivity index (χ1) is 9.24. The van der Waals surface area contributed by atoms with Gasteiger partial charge in [-0.15, -0.1) is 0 Å². The Hall–Kier alpha value is -1.80. The van der Waals surface area contributed by atoms with Crippen molar-refractivity contribution in [3.8, 4) is 0 Å². The second kappa shape index (κ2) is 5.06. The second-order valence-electron chi connectivity index (χ2n) is 5.37. The van der Waals surface area contributed by atoms with Crippen molar-refractivity contribution >= 4 is 5.69 Å². The van der Waals surface area contributed by atoms with E-state index in [2.05, 4.69) is 48.2 Å². The predicted molar refractivity (Wildman–Crippen MR) is 79.9 cm³/mol. The maximum Gasteiger partial charge on any atom is 0.0363 e. The highest BCUT2D eigenvalue weighted by Gasteiger charge is 2.20. The lowest BCUT2D eigenvalue weighted by atomic mass is 10.1. The quantitative estimate of drug-likeness (QED) is 0.850. The van der Waals surface area contributed by atoms with E-state index >= 15 is 0 Å². The van der Waals surface area contributed by atoms with Gasteiger partial charge < -0.3 is 5.73 Å². The monoisotopic (exact) mass is 252 g/mol. The minimum atomic E-state index is 0.941. The fourth-order valence-corrected chi connectivity index (χ4v) is 2.84. The summed E-state index contributed by atoms with van der Waals surface area (Å²) in [7, 11) is 0. The van der Waals surface area contributed by atoms with E-state index in [0.717, 1.165) is 31.7 Å². The van der Waals surface area contributed by atoms with Crippen molar-refractivity contribution in [1.29, 1.82) is 0 Å². The Kier molecular flexibility index (Phi) is 3.26. The summed E-state index contributed by atoms with van der Waals surface area (Å²) in [6.07, 6.45) is 1.11. The minimum absolute atomic E-state index is 0.941. The molecule has 0 spiro atoms. The third-order valence-electron chi connectivity index (χ3n) is 4.04. The van der Waals surface area contributed by atoms with E-state index in [0.29, 0.717) is 0 Å². The number of hydrogen-bond acceptors (Lipinski definition) is 2. The van der Waals surface area contributed by atoms with Crippen molar-refractivity contribution in [2.45, 2.75) is 26.4 Å². The Morgan fingerprint density at radius 3 is 2.68 bits per heavy atom. The first kappa shape index (κ1) is 12.2. The van der Waals surface area contributed by atoms with Gasteiger partial charge in [0.25, 0.3) is 0 Å². The minimum Gasteiger partial charge on any atom is -0.398 e. The van der Waals surface area contributed by atoms with Gasteiger partial charge in [-0.05, 0) is 41.7 Å². The van der Waals surface area contributed by atoms with E-state index in [4.69, 9.17) is 5.73 Å². The van der Waals surface area contributed by atoms with Gasteiger partial charge >= 0.3 is 0 Å². The maximum atomic E-state index is 6.04. The van der Waals surface area contributed by atoms with Crippen LogP contribution < -0.4 is 5.73 Å². The number of fused-ring (bicyclic) bond motifs is 1. The van der Waals surface area contributed by atoms with Crippen LogP contribution in [0.5, 0.6) is 0 Å². The van der Waals surface area contributed by atoms with Crippen molar-refractivity contribution in [2.24, 2.45) is 0 Å². The smallest absolute Gasteiger partial charge is 0.0363 e. The summed E-state index contributed by atoms with van der Waals surface area (Å²) in [5.41, 5.74) is 12.5. The highest BCUT2D eigenvalue weighted by molar-refractivity contribution is 5.52. The van der Waals surface area contributed by atoms with Gasteiger partial charge in [-0.3, -0.25) is 4.90 Å². The Morgan fingerprint density at radius 2 is 1.89 bits per heavy atom. The Morgan fingerprint density at radius 1 is 1.05 bits per heavy atom. The van der Waals surface area contributed by atoms with Gasteiger partial charge in [0.15, 0.2) is 0 Å². The zero-order valence-corrected chi connectivity index (χ0v) is 11.4. The zero-order chi connectivity index (χ0) is 13.2. The topological polar surface area (TPSA) is 29.3 Å². The van der Waals surface area contributed by atoms with Crippen molar-refractivity contribution in [2.75, 3.05) is 12.3 Å². The largest absolute Gasteiger partial charge is 0.398 e. The molecule has 2 aromatic carbocycles. The van der Waals surface area contributed by atoms with Gasteiger partial charge in [-0.25, -0.2) is 0 Å². The number of nitrogens with two attached hydrogens (primary N) is 1. The molecule has 2 nitrogen and oxygen atoms in total. The van der Waals surface area contributed by atoms with Crippen LogP contribution in [0.3, 0.4) is 0 Å². The van der Waals surface area contributed by atoms with Crippen LogP contribution >= 0.6 is 0 Å². The number of nitrogen functional groups attached to an aromatic ring is 1. The van der Waals surface area contributed by atoms with Crippen molar-refractivity contribution in [1.82, 2.24) is 4.90 Å². The molecule has 0 radical (unpaired) electrons. The molecule has 0 bridgehead atoms. The van der Waals surface area contributed by atoms with E-state index in [1.807, 2.05) is 6.07 Å². The molecule has 0 amide bonds. The van der Waals surface area contributed by atoms with Gasteiger partial charge in [0.2, 0.25) is 0 Å². The number of benzene rings is 2. The predicted octanol–water partition coefficient (Wildman–Crippen LogP) is 3.14. The average Bonchev–Trinajstić information content (AvgIpc) is 2.82. The van der Waals surface area contributed by atoms with Crippen molar-refractivity contribution in [3.05, 3.63) is 64.7 Å². The molecular weight excluding hydrogens is 232 g/mol. The van der Waals surface area contributed by atoms with E-state index < -0.39 is 0 Å². The highest BCUT2D eigenvalue weighted by Crippen LogP contribution is 2.27. The molecule has 2 heteroatoms. The van der Waals surface area contributed by atoms with Crippen molar-refractivity contribution in [3.63, 3.8) is 0 Å². The molecule has 98 valence electrons. The molecule has 1 aliphatic heterocycles. The number of nitrogens with zero attached hydrogens (tertiary/aromatic N) is 1. The molecule has 19 heavy (non-hydrogen) atoms. The number of aryl methyl sites for hydroxylation is 1. The molecule has 0 unspecified atom stereocenters. The molecule has 1 heterocycles. The standard InChI is InChI=1S/C17H20N2/c1-13-5-2-3-6-14(13)9-10-19-11-15-7-4-8-17(18)16(15)12-19/h2-8H,9-12,18H2,1H3. The third kappa shape index (κ3) is 2.49. The van der Waals surface area contributed by atoms with Crippen LogP contribution in [0, 0.1) is 6.92 Å². The summed E-state index contributed by atoms with van der Waals surface area (Å²) in [4.78, 5) is 2.48. The van der Waals surface area contributed by atoms with Crippen molar-refractivity contribution < 1.29 is 0 Å². The molecule has 3 rings (SSSR count). The second-order valence-corrected chi connectivity index (χ2v) is 5.37. The molecule has 0 aliphatic carbocycles. The summed E-state index contributed by atoms with van der Waals surface area (Å²) in [6, 6.07) is 14.9. The Labute approximate surface area is 114 Å². The summed E-state index contributed by atoms with van der Waals surface area (Å²) < 4.78 is 0. The molecule has 0 saturated carbocycles. The first-order valence-electron chi connectivity index (χ1n) is 6.87. The average molecular weight is 252 g/mol. The SMILES string of the molecule is Cc1ccccc1CCN1Cc2cccc(N)c2C1. The number of hydrogen-bond donors (Lipinski definition) is 1. The van der Waals surface area contributed by atoms with Crippen LogP contribution in [0.15, 0.2) is 42.5 Å². The van der Waals surface area contributed by atoms with Gasteiger partial charge in [0, 0.05) is 25.3 Å². The zero-order valence-electron chi connectivity index (χ0n) is 11.4. The normalized spacial score (nSPS) is 14.6. The van der Waals surface area contributed by atoms with Crippen LogP contribution in [0.2, 0.25) is 0 Å². The Balaban J connectivity index is 1.65. The lowest BCUT2D eigenvalue weighted by Gasteiger charge is -2.15. The highest BCUT2D eigenvalue weighted by atomic mass is 15.1. The molecule has 2 aromatic rings. The summed E-state index contributed by atoms with van der Waals surface area (Å²) in [6.45, 7) is 5.31.